The average Bonchev–Trinajstić information content (AvgIpc) is 3.06. The third-order valence-corrected chi connectivity index (χ3v) is 5.34. The Morgan fingerprint density at radius 2 is 1.82 bits per heavy atom. The Bertz CT molecular complexity index is 839. The van der Waals surface area contributed by atoms with Gasteiger partial charge in [0, 0.05) is 36.2 Å². The lowest BCUT2D eigenvalue weighted by Crippen LogP contribution is -2.36. The van der Waals surface area contributed by atoms with Crippen molar-refractivity contribution in [3.63, 3.8) is 0 Å². The molecule has 0 aliphatic carbocycles. The fourth-order valence-electron chi connectivity index (χ4n) is 3.69. The van der Waals surface area contributed by atoms with E-state index >= 15 is 0 Å². The van der Waals surface area contributed by atoms with Crippen molar-refractivity contribution in [2.45, 2.75) is 19.3 Å². The molecule has 0 bridgehead atoms. The predicted octanol–water partition coefficient (Wildman–Crippen LogP) is 3.75. The van der Waals surface area contributed by atoms with Crippen LogP contribution in [0.15, 0.2) is 54.7 Å². The number of carbonyl (C=O) groups excluding carboxylic acids is 1. The highest BCUT2D eigenvalue weighted by Crippen LogP contribution is 2.31. The Balaban J connectivity index is 1.26. The smallest absolute Gasteiger partial charge is 0.257 e. The number of morpholine rings is 1. The molecule has 0 saturated carbocycles. The molecule has 4 rings (SSSR count). The summed E-state index contributed by atoms with van der Waals surface area (Å²) in [7, 11) is 0. The normalized spacial score (nSPS) is 18.1. The Morgan fingerprint density at radius 3 is 2.64 bits per heavy atom. The van der Waals surface area contributed by atoms with Crippen molar-refractivity contribution in [3.8, 4) is 0 Å². The van der Waals surface area contributed by atoms with Gasteiger partial charge in [0.15, 0.2) is 0 Å². The standard InChI is InChI=1S/C23H27N3O2/c27-23-21(20-6-1-2-7-22(20)25-23)17-24-19-10-8-18(9-11-19)5-3-4-12-26-13-15-28-16-14-26/h1-2,6-11,17,24H,3-5,12-16H2,(H,25,27). The van der Waals surface area contributed by atoms with Crippen molar-refractivity contribution in [2.75, 3.05) is 43.5 Å². The molecule has 1 saturated heterocycles. The van der Waals surface area contributed by atoms with Gasteiger partial charge in [-0.3, -0.25) is 9.69 Å². The van der Waals surface area contributed by atoms with Crippen molar-refractivity contribution in [1.29, 1.82) is 0 Å². The van der Waals surface area contributed by atoms with E-state index in [0.717, 1.165) is 49.7 Å². The summed E-state index contributed by atoms with van der Waals surface area (Å²) in [6.45, 7) is 5.05. The van der Waals surface area contributed by atoms with Gasteiger partial charge in [0.05, 0.1) is 18.8 Å². The number of nitrogens with zero attached hydrogens (tertiary/aromatic N) is 1. The molecule has 0 aromatic heterocycles. The van der Waals surface area contributed by atoms with Crippen LogP contribution in [0.25, 0.3) is 5.57 Å². The Kier molecular flexibility index (Phi) is 6.04. The fraction of sp³-hybridized carbons (Fsp3) is 0.348. The first-order valence-electron chi connectivity index (χ1n) is 10.1. The van der Waals surface area contributed by atoms with Crippen molar-refractivity contribution in [1.82, 2.24) is 4.90 Å². The lowest BCUT2D eigenvalue weighted by atomic mass is 10.1. The van der Waals surface area contributed by atoms with Crippen LogP contribution in [0.2, 0.25) is 0 Å². The maximum Gasteiger partial charge on any atom is 0.257 e. The Morgan fingerprint density at radius 1 is 1.04 bits per heavy atom. The number of benzene rings is 2. The summed E-state index contributed by atoms with van der Waals surface area (Å²) in [5.74, 6) is -0.0643. The van der Waals surface area contributed by atoms with Crippen LogP contribution in [0, 0.1) is 0 Å². The summed E-state index contributed by atoms with van der Waals surface area (Å²) in [6.07, 6.45) is 5.31. The first-order valence-corrected chi connectivity index (χ1v) is 10.1. The molecule has 0 atom stereocenters. The van der Waals surface area contributed by atoms with Crippen LogP contribution in [0.4, 0.5) is 11.4 Å². The number of amides is 1. The molecule has 1 amide bonds. The molecule has 146 valence electrons. The SMILES string of the molecule is O=C1Nc2ccccc2C1=CNc1ccc(CCCCN2CCOCC2)cc1. The lowest BCUT2D eigenvalue weighted by Gasteiger charge is -2.26. The van der Waals surface area contributed by atoms with Crippen molar-refractivity contribution >= 4 is 22.9 Å². The van der Waals surface area contributed by atoms with E-state index in [4.69, 9.17) is 4.74 Å². The van der Waals surface area contributed by atoms with Crippen LogP contribution >= 0.6 is 0 Å². The molecular formula is C23H27N3O2. The van der Waals surface area contributed by atoms with Gasteiger partial charge in [0.25, 0.3) is 5.91 Å². The number of ether oxygens (including phenoxy) is 1. The zero-order valence-corrected chi connectivity index (χ0v) is 16.1. The molecule has 0 radical (unpaired) electrons. The molecule has 5 nitrogen and oxygen atoms in total. The van der Waals surface area contributed by atoms with Crippen molar-refractivity contribution in [3.05, 3.63) is 65.9 Å². The van der Waals surface area contributed by atoms with Crippen molar-refractivity contribution < 1.29 is 9.53 Å². The number of anilines is 2. The molecule has 2 aliphatic rings. The minimum absolute atomic E-state index is 0.0643. The maximum absolute atomic E-state index is 12.1. The molecule has 1 fully saturated rings. The molecule has 2 aliphatic heterocycles. The number of nitrogens with one attached hydrogen (secondary N) is 2. The van der Waals surface area contributed by atoms with Gasteiger partial charge >= 0.3 is 0 Å². The quantitative estimate of drug-likeness (QED) is 0.570. The van der Waals surface area contributed by atoms with Crippen LogP contribution in [-0.2, 0) is 16.0 Å². The summed E-state index contributed by atoms with van der Waals surface area (Å²) in [5.41, 5.74) is 4.82. The van der Waals surface area contributed by atoms with E-state index in [9.17, 15) is 4.79 Å². The molecule has 2 heterocycles. The first kappa shape index (κ1) is 18.7. The second-order valence-electron chi connectivity index (χ2n) is 7.31. The molecule has 2 N–H and O–H groups in total. The Hall–Kier alpha value is -2.63. The van der Waals surface area contributed by atoms with E-state index in [1.807, 2.05) is 24.3 Å². The predicted molar refractivity (Wildman–Crippen MR) is 113 cm³/mol. The van der Waals surface area contributed by atoms with Gasteiger partial charge < -0.3 is 15.4 Å². The zero-order chi connectivity index (χ0) is 19.2. The molecule has 2 aromatic rings. The summed E-state index contributed by atoms with van der Waals surface area (Å²) in [5, 5.41) is 6.14. The topological polar surface area (TPSA) is 53.6 Å². The van der Waals surface area contributed by atoms with Gasteiger partial charge in [-0.15, -0.1) is 0 Å². The zero-order valence-electron chi connectivity index (χ0n) is 16.1. The van der Waals surface area contributed by atoms with Gasteiger partial charge in [-0.25, -0.2) is 0 Å². The minimum atomic E-state index is -0.0643. The molecule has 5 heteroatoms. The van der Waals surface area contributed by atoms with Gasteiger partial charge in [0.2, 0.25) is 0 Å². The summed E-state index contributed by atoms with van der Waals surface area (Å²) >= 11 is 0. The molecule has 2 aromatic carbocycles. The second-order valence-corrected chi connectivity index (χ2v) is 7.31. The van der Waals surface area contributed by atoms with E-state index in [1.54, 1.807) is 6.20 Å². The van der Waals surface area contributed by atoms with Crippen LogP contribution in [0.5, 0.6) is 0 Å². The van der Waals surface area contributed by atoms with E-state index < -0.39 is 0 Å². The minimum Gasteiger partial charge on any atom is -0.379 e. The molecule has 28 heavy (non-hydrogen) atoms. The monoisotopic (exact) mass is 377 g/mol. The second kappa shape index (κ2) is 9.04. The highest BCUT2D eigenvalue weighted by molar-refractivity contribution is 6.31. The highest BCUT2D eigenvalue weighted by Gasteiger charge is 2.23. The van der Waals surface area contributed by atoms with E-state index in [-0.39, 0.29) is 5.91 Å². The summed E-state index contributed by atoms with van der Waals surface area (Å²) < 4.78 is 5.39. The van der Waals surface area contributed by atoms with E-state index in [1.165, 1.54) is 24.9 Å². The van der Waals surface area contributed by atoms with Gasteiger partial charge in [-0.05, 0) is 49.6 Å². The third-order valence-electron chi connectivity index (χ3n) is 5.34. The number of para-hydroxylation sites is 1. The highest BCUT2D eigenvalue weighted by atomic mass is 16.5. The largest absolute Gasteiger partial charge is 0.379 e. The van der Waals surface area contributed by atoms with E-state index in [2.05, 4.69) is 39.8 Å². The van der Waals surface area contributed by atoms with Gasteiger partial charge in [-0.2, -0.15) is 0 Å². The maximum atomic E-state index is 12.1. The van der Waals surface area contributed by atoms with Crippen LogP contribution < -0.4 is 10.6 Å². The first-order chi connectivity index (χ1) is 13.8. The third kappa shape index (κ3) is 4.61. The number of rotatable bonds is 7. The Labute approximate surface area is 166 Å². The van der Waals surface area contributed by atoms with Crippen LogP contribution in [0.1, 0.15) is 24.0 Å². The summed E-state index contributed by atoms with van der Waals surface area (Å²) in [4.78, 5) is 14.6. The number of fused-ring (bicyclic) bond motifs is 1. The number of aryl methyl sites for hydroxylation is 1. The number of hydrogen-bond acceptors (Lipinski definition) is 4. The lowest BCUT2D eigenvalue weighted by molar-refractivity contribution is -0.110. The van der Waals surface area contributed by atoms with Crippen LogP contribution in [0.3, 0.4) is 0 Å². The van der Waals surface area contributed by atoms with Crippen molar-refractivity contribution in [2.24, 2.45) is 0 Å². The number of hydrogen-bond donors (Lipinski definition) is 2. The van der Waals surface area contributed by atoms with Gasteiger partial charge in [0.1, 0.15) is 0 Å². The molecular weight excluding hydrogens is 350 g/mol. The average molecular weight is 377 g/mol. The fourth-order valence-corrected chi connectivity index (χ4v) is 3.69. The molecule has 0 spiro atoms. The summed E-state index contributed by atoms with van der Waals surface area (Å²) in [6, 6.07) is 16.2. The van der Waals surface area contributed by atoms with Gasteiger partial charge in [-0.1, -0.05) is 30.3 Å². The van der Waals surface area contributed by atoms with Crippen LogP contribution in [-0.4, -0.2) is 43.7 Å². The number of unbranched alkanes of at least 4 members (excludes halogenated alkanes) is 1. The molecule has 0 unspecified atom stereocenters. The van der Waals surface area contributed by atoms with E-state index in [0.29, 0.717) is 5.57 Å². The number of carbonyl (C=O) groups is 1.